The van der Waals surface area contributed by atoms with Crippen molar-refractivity contribution in [1.82, 2.24) is 5.43 Å². The molecule has 1 atom stereocenters. The maximum Gasteiger partial charge on any atom is 0.280 e. The van der Waals surface area contributed by atoms with Gasteiger partial charge in [-0.25, -0.2) is 5.43 Å². The molecule has 0 unspecified atom stereocenters. The Labute approximate surface area is 218 Å². The number of nitrogens with zero attached hydrogens (tertiary/aromatic N) is 1. The van der Waals surface area contributed by atoms with Crippen LogP contribution in [0.15, 0.2) is 53.6 Å². The van der Waals surface area contributed by atoms with Gasteiger partial charge in [0.15, 0.2) is 6.10 Å². The van der Waals surface area contributed by atoms with Crippen molar-refractivity contribution in [2.75, 3.05) is 12.4 Å². The van der Waals surface area contributed by atoms with Crippen LogP contribution in [0.4, 0.5) is 5.00 Å². The first-order valence-corrected chi connectivity index (χ1v) is 12.7. The van der Waals surface area contributed by atoms with Crippen LogP contribution in [0.1, 0.15) is 56.5 Å². The van der Waals surface area contributed by atoms with Crippen molar-refractivity contribution in [1.29, 1.82) is 0 Å². The monoisotopic (exact) mass is 520 g/mol. The number of amides is 3. The number of primary amides is 1. The summed E-state index contributed by atoms with van der Waals surface area (Å²) in [4.78, 5) is 38.3. The van der Waals surface area contributed by atoms with Gasteiger partial charge in [-0.2, -0.15) is 5.10 Å². The van der Waals surface area contributed by atoms with Crippen molar-refractivity contribution in [2.45, 2.75) is 38.7 Å². The summed E-state index contributed by atoms with van der Waals surface area (Å²) in [5.41, 5.74) is 10.6. The van der Waals surface area contributed by atoms with Crippen LogP contribution in [-0.4, -0.2) is 37.1 Å². The minimum atomic E-state index is -0.816. The predicted octanol–water partition coefficient (Wildman–Crippen LogP) is 3.90. The summed E-state index contributed by atoms with van der Waals surface area (Å²) < 4.78 is 10.8. The lowest BCUT2D eigenvalue weighted by Gasteiger charge is -2.13. The van der Waals surface area contributed by atoms with Gasteiger partial charge in [-0.15, -0.1) is 11.3 Å². The fraction of sp³-hybridized carbons (Fsp3) is 0.259. The predicted molar refractivity (Wildman–Crippen MR) is 143 cm³/mol. The van der Waals surface area contributed by atoms with Crippen LogP contribution in [0.2, 0.25) is 0 Å². The van der Waals surface area contributed by atoms with Gasteiger partial charge in [0, 0.05) is 10.4 Å². The summed E-state index contributed by atoms with van der Waals surface area (Å²) in [6.45, 7) is 1.60. The highest BCUT2D eigenvalue weighted by Gasteiger charge is 2.25. The molecule has 9 nitrogen and oxygen atoms in total. The van der Waals surface area contributed by atoms with Crippen LogP contribution >= 0.6 is 11.3 Å². The molecular formula is C27H28N4O5S. The number of hydrogen-bond donors (Lipinski definition) is 3. The van der Waals surface area contributed by atoms with Crippen LogP contribution in [0.25, 0.3) is 0 Å². The zero-order valence-electron chi connectivity index (χ0n) is 20.6. The number of nitrogens with one attached hydrogen (secondary N) is 2. The SMILES string of the molecule is COc1ccc(C=NNC(=O)[C@@H](C)Oc2ccc(C(=O)Nc3sc4c(c3C(N)=O)CCCC4)cc2)cc1. The second-order valence-electron chi connectivity index (χ2n) is 8.53. The van der Waals surface area contributed by atoms with Gasteiger partial charge in [0.1, 0.15) is 16.5 Å². The van der Waals surface area contributed by atoms with E-state index >= 15 is 0 Å². The fourth-order valence-electron chi connectivity index (χ4n) is 3.98. The number of hydrogen-bond acceptors (Lipinski definition) is 7. The summed E-state index contributed by atoms with van der Waals surface area (Å²) in [6, 6.07) is 13.6. The Bertz CT molecular complexity index is 1320. The summed E-state index contributed by atoms with van der Waals surface area (Å²) in [5.74, 6) is -0.160. The van der Waals surface area contributed by atoms with Crippen LogP contribution < -0.4 is 25.9 Å². The average molecular weight is 521 g/mol. The number of fused-ring (bicyclic) bond motifs is 1. The Morgan fingerprint density at radius 2 is 1.70 bits per heavy atom. The third-order valence-corrected chi connectivity index (χ3v) is 7.15. The standard InChI is InChI=1S/C27H28N4O5S/c1-16(25(33)31-29-15-17-7-11-19(35-2)12-8-17)36-20-13-9-18(10-14-20)26(34)30-27-23(24(28)32)21-5-3-4-6-22(21)37-27/h7-16H,3-6H2,1-2H3,(H2,28,32)(H,30,34)(H,31,33)/t16-/m1/s1. The lowest BCUT2D eigenvalue weighted by atomic mass is 9.95. The minimum Gasteiger partial charge on any atom is -0.497 e. The Kier molecular flexibility index (Phi) is 8.19. The maximum absolute atomic E-state index is 12.8. The molecule has 3 amide bonds. The number of carbonyl (C=O) groups excluding carboxylic acids is 3. The molecule has 1 aromatic heterocycles. The van der Waals surface area contributed by atoms with E-state index in [1.54, 1.807) is 50.4 Å². The van der Waals surface area contributed by atoms with Gasteiger partial charge in [-0.05, 0) is 92.3 Å². The van der Waals surface area contributed by atoms with E-state index in [2.05, 4.69) is 15.8 Å². The first-order chi connectivity index (χ1) is 17.9. The van der Waals surface area contributed by atoms with Crippen molar-refractivity contribution in [3.05, 3.63) is 75.7 Å². The molecule has 0 saturated heterocycles. The summed E-state index contributed by atoms with van der Waals surface area (Å²) >= 11 is 1.42. The van der Waals surface area contributed by atoms with E-state index in [4.69, 9.17) is 15.2 Å². The highest BCUT2D eigenvalue weighted by Crippen LogP contribution is 2.38. The van der Waals surface area contributed by atoms with Crippen molar-refractivity contribution < 1.29 is 23.9 Å². The largest absolute Gasteiger partial charge is 0.497 e. The van der Waals surface area contributed by atoms with E-state index in [0.29, 0.717) is 21.9 Å². The number of methoxy groups -OCH3 is 1. The fourth-order valence-corrected chi connectivity index (χ4v) is 5.27. The molecule has 10 heteroatoms. The molecule has 1 heterocycles. The van der Waals surface area contributed by atoms with Crippen LogP contribution in [0.5, 0.6) is 11.5 Å². The Hall–Kier alpha value is -4.18. The summed E-state index contributed by atoms with van der Waals surface area (Å²) in [5, 5.41) is 7.28. The second kappa shape index (κ2) is 11.7. The molecule has 0 spiro atoms. The van der Waals surface area contributed by atoms with E-state index < -0.39 is 17.9 Å². The Morgan fingerprint density at radius 1 is 1.03 bits per heavy atom. The van der Waals surface area contributed by atoms with E-state index in [9.17, 15) is 14.4 Å². The van der Waals surface area contributed by atoms with Crippen LogP contribution in [-0.2, 0) is 17.6 Å². The summed E-state index contributed by atoms with van der Waals surface area (Å²) in [7, 11) is 1.59. The zero-order chi connectivity index (χ0) is 26.4. The number of rotatable bonds is 9. The first-order valence-electron chi connectivity index (χ1n) is 11.8. The van der Waals surface area contributed by atoms with Gasteiger partial charge in [0.25, 0.3) is 17.7 Å². The first kappa shape index (κ1) is 25.9. The van der Waals surface area contributed by atoms with Crippen molar-refractivity contribution in [3.63, 3.8) is 0 Å². The number of ether oxygens (including phenoxy) is 2. The normalized spacial score (nSPS) is 13.5. The highest BCUT2D eigenvalue weighted by atomic mass is 32.1. The number of benzene rings is 2. The van der Waals surface area contributed by atoms with Gasteiger partial charge in [0.2, 0.25) is 0 Å². The minimum absolute atomic E-state index is 0.355. The van der Waals surface area contributed by atoms with Crippen molar-refractivity contribution in [2.24, 2.45) is 10.8 Å². The molecule has 4 rings (SSSR count). The average Bonchev–Trinajstić information content (AvgIpc) is 3.27. The van der Waals surface area contributed by atoms with E-state index in [1.165, 1.54) is 17.6 Å². The molecule has 0 aliphatic heterocycles. The molecule has 4 N–H and O–H groups in total. The molecule has 0 saturated carbocycles. The third kappa shape index (κ3) is 6.34. The number of carbonyl (C=O) groups is 3. The van der Waals surface area contributed by atoms with E-state index in [0.717, 1.165) is 47.4 Å². The highest BCUT2D eigenvalue weighted by molar-refractivity contribution is 7.17. The van der Waals surface area contributed by atoms with Gasteiger partial charge < -0.3 is 20.5 Å². The molecule has 192 valence electrons. The number of anilines is 1. The number of nitrogens with two attached hydrogens (primary N) is 1. The molecule has 2 aromatic carbocycles. The van der Waals surface area contributed by atoms with E-state index in [1.807, 2.05) is 12.1 Å². The van der Waals surface area contributed by atoms with Crippen LogP contribution in [0, 0.1) is 0 Å². The quantitative estimate of drug-likeness (QED) is 0.291. The zero-order valence-corrected chi connectivity index (χ0v) is 21.4. The molecule has 0 fully saturated rings. The third-order valence-electron chi connectivity index (χ3n) is 5.95. The van der Waals surface area contributed by atoms with Crippen molar-refractivity contribution in [3.8, 4) is 11.5 Å². The van der Waals surface area contributed by atoms with Gasteiger partial charge in [-0.1, -0.05) is 0 Å². The topological polar surface area (TPSA) is 132 Å². The Balaban J connectivity index is 1.33. The number of hydrazone groups is 1. The van der Waals surface area contributed by atoms with Gasteiger partial charge >= 0.3 is 0 Å². The Morgan fingerprint density at radius 3 is 2.38 bits per heavy atom. The maximum atomic E-state index is 12.8. The molecule has 0 radical (unpaired) electrons. The molecule has 1 aliphatic carbocycles. The molecule has 0 bridgehead atoms. The lowest BCUT2D eigenvalue weighted by molar-refractivity contribution is -0.127. The molecule has 1 aliphatic rings. The summed E-state index contributed by atoms with van der Waals surface area (Å²) in [6.07, 6.45) is 4.45. The second-order valence-corrected chi connectivity index (χ2v) is 9.63. The molecule has 3 aromatic rings. The molecular weight excluding hydrogens is 492 g/mol. The van der Waals surface area contributed by atoms with Crippen LogP contribution in [0.3, 0.4) is 0 Å². The lowest BCUT2D eigenvalue weighted by Crippen LogP contribution is -2.33. The van der Waals surface area contributed by atoms with Gasteiger partial charge in [0.05, 0.1) is 18.9 Å². The molecule has 37 heavy (non-hydrogen) atoms. The smallest absolute Gasteiger partial charge is 0.280 e. The van der Waals surface area contributed by atoms with E-state index in [-0.39, 0.29) is 5.91 Å². The van der Waals surface area contributed by atoms with Crippen molar-refractivity contribution >= 4 is 40.3 Å². The van der Waals surface area contributed by atoms with Gasteiger partial charge in [-0.3, -0.25) is 14.4 Å². The number of thiophene rings is 1. The number of aryl methyl sites for hydroxylation is 1.